The number of halogens is 2. The molecule has 166 valence electrons. The number of pyridine rings is 1. The molecule has 1 atom stereocenters. The number of carbonyl (C=O) groups excluding carboxylic acids is 1. The monoisotopic (exact) mass is 446 g/mol. The molecule has 0 saturated carbocycles. The first-order valence-corrected chi connectivity index (χ1v) is 10.9. The van der Waals surface area contributed by atoms with Gasteiger partial charge in [-0.1, -0.05) is 11.6 Å². The second kappa shape index (κ2) is 11.5. The number of nitrogens with zero attached hydrogens (tertiary/aromatic N) is 3. The van der Waals surface area contributed by atoms with Crippen LogP contribution in [0, 0.1) is 5.82 Å². The summed E-state index contributed by atoms with van der Waals surface area (Å²) in [6.07, 6.45) is 3.48. The highest BCUT2D eigenvalue weighted by Crippen LogP contribution is 2.20. The zero-order valence-corrected chi connectivity index (χ0v) is 18.3. The van der Waals surface area contributed by atoms with Gasteiger partial charge in [-0.25, -0.2) is 9.37 Å². The Kier molecular flexibility index (Phi) is 8.46. The normalized spacial score (nSPS) is 16.3. The van der Waals surface area contributed by atoms with Gasteiger partial charge < -0.3 is 20.9 Å². The number of benzene rings is 1. The maximum absolute atomic E-state index is 14.0. The van der Waals surface area contributed by atoms with E-state index >= 15 is 0 Å². The van der Waals surface area contributed by atoms with E-state index in [-0.39, 0.29) is 17.8 Å². The highest BCUT2D eigenvalue weighted by Gasteiger charge is 2.25. The van der Waals surface area contributed by atoms with Crippen LogP contribution >= 0.6 is 11.6 Å². The molecule has 1 unspecified atom stereocenters. The van der Waals surface area contributed by atoms with Crippen LogP contribution in [0.5, 0.6) is 0 Å². The number of carbonyl (C=O) groups is 1. The van der Waals surface area contributed by atoms with E-state index in [0.29, 0.717) is 42.7 Å². The smallest absolute Gasteiger partial charge is 0.224 e. The molecule has 1 aromatic carbocycles. The lowest BCUT2D eigenvalue weighted by Crippen LogP contribution is -2.44. The molecule has 7 nitrogen and oxygen atoms in total. The molecule has 0 bridgehead atoms. The molecule has 1 aliphatic heterocycles. The van der Waals surface area contributed by atoms with Gasteiger partial charge in [0.05, 0.1) is 0 Å². The number of aromatic nitrogens is 1. The second-order valence-corrected chi connectivity index (χ2v) is 7.74. The Morgan fingerprint density at radius 3 is 2.87 bits per heavy atom. The average molecular weight is 447 g/mol. The van der Waals surface area contributed by atoms with E-state index in [1.165, 1.54) is 6.07 Å². The van der Waals surface area contributed by atoms with E-state index in [2.05, 4.69) is 25.9 Å². The Bertz CT molecular complexity index is 892. The molecule has 0 aliphatic carbocycles. The number of hydrogen-bond acceptors (Lipinski definition) is 4. The largest absolute Gasteiger partial charge is 0.357 e. The third-order valence-electron chi connectivity index (χ3n) is 4.87. The van der Waals surface area contributed by atoms with Gasteiger partial charge in [-0.15, -0.1) is 0 Å². The van der Waals surface area contributed by atoms with Crippen molar-refractivity contribution in [2.45, 2.75) is 32.2 Å². The number of rotatable bonds is 8. The zero-order chi connectivity index (χ0) is 22.1. The molecular weight excluding hydrogens is 419 g/mol. The summed E-state index contributed by atoms with van der Waals surface area (Å²) in [5.74, 6) is 0.731. The molecule has 0 radical (unpaired) electrons. The van der Waals surface area contributed by atoms with Gasteiger partial charge >= 0.3 is 0 Å². The highest BCUT2D eigenvalue weighted by atomic mass is 35.5. The summed E-state index contributed by atoms with van der Waals surface area (Å²) in [5, 5.41) is 10.1. The summed E-state index contributed by atoms with van der Waals surface area (Å²) >= 11 is 5.85. The number of anilines is 2. The van der Waals surface area contributed by atoms with Gasteiger partial charge in [0.2, 0.25) is 5.91 Å². The Morgan fingerprint density at radius 2 is 2.13 bits per heavy atom. The molecule has 1 aromatic heterocycles. The topological polar surface area (TPSA) is 81.6 Å². The quantitative estimate of drug-likeness (QED) is 0.329. The van der Waals surface area contributed by atoms with Crippen molar-refractivity contribution in [1.82, 2.24) is 15.6 Å². The Hall–Kier alpha value is -2.87. The molecular formula is C22H28ClFN6O. The minimum Gasteiger partial charge on any atom is -0.357 e. The first-order valence-electron chi connectivity index (χ1n) is 10.5. The number of aliphatic imine (C=N–C) groups is 1. The molecule has 31 heavy (non-hydrogen) atoms. The fourth-order valence-corrected chi connectivity index (χ4v) is 3.51. The Morgan fingerprint density at radius 1 is 1.32 bits per heavy atom. The summed E-state index contributed by atoms with van der Waals surface area (Å²) in [6.45, 7) is 4.64. The van der Waals surface area contributed by atoms with Gasteiger partial charge in [0.25, 0.3) is 0 Å². The lowest BCUT2D eigenvalue weighted by molar-refractivity contribution is -0.116. The van der Waals surface area contributed by atoms with E-state index < -0.39 is 0 Å². The summed E-state index contributed by atoms with van der Waals surface area (Å²) < 4.78 is 14.0. The van der Waals surface area contributed by atoms with Gasteiger partial charge in [-0.3, -0.25) is 9.79 Å². The van der Waals surface area contributed by atoms with Crippen LogP contribution < -0.4 is 20.9 Å². The number of hydrogen-bond donors (Lipinski definition) is 3. The van der Waals surface area contributed by atoms with E-state index in [4.69, 9.17) is 11.6 Å². The van der Waals surface area contributed by atoms with Crippen molar-refractivity contribution >= 4 is 35.0 Å². The third-order valence-corrected chi connectivity index (χ3v) is 5.12. The van der Waals surface area contributed by atoms with Gasteiger partial charge in [0, 0.05) is 55.5 Å². The van der Waals surface area contributed by atoms with Crippen LogP contribution in [0.3, 0.4) is 0 Å². The van der Waals surface area contributed by atoms with Gasteiger partial charge in [0.15, 0.2) is 17.6 Å². The van der Waals surface area contributed by atoms with Crippen molar-refractivity contribution < 1.29 is 9.18 Å². The summed E-state index contributed by atoms with van der Waals surface area (Å²) in [6, 6.07) is 10.2. The predicted octanol–water partition coefficient (Wildman–Crippen LogP) is 3.43. The third kappa shape index (κ3) is 7.10. The molecule has 3 rings (SSSR count). The Labute approximate surface area is 187 Å². The molecule has 9 heteroatoms. The first-order chi connectivity index (χ1) is 15.0. The second-order valence-electron chi connectivity index (χ2n) is 7.30. The summed E-state index contributed by atoms with van der Waals surface area (Å²) in [5.41, 5.74) is 0.725. The maximum Gasteiger partial charge on any atom is 0.224 e. The van der Waals surface area contributed by atoms with Crippen molar-refractivity contribution in [2.75, 3.05) is 36.4 Å². The zero-order valence-electron chi connectivity index (χ0n) is 17.6. The van der Waals surface area contributed by atoms with E-state index in [1.807, 2.05) is 11.8 Å². The number of nitrogens with one attached hydrogen (secondary N) is 3. The van der Waals surface area contributed by atoms with Crippen LogP contribution in [0.1, 0.15) is 26.2 Å². The molecule has 1 amide bonds. The van der Waals surface area contributed by atoms with Crippen LogP contribution in [-0.4, -0.2) is 49.1 Å². The highest BCUT2D eigenvalue weighted by molar-refractivity contribution is 6.30. The van der Waals surface area contributed by atoms with Crippen molar-refractivity contribution in [3.63, 3.8) is 0 Å². The van der Waals surface area contributed by atoms with Crippen LogP contribution in [-0.2, 0) is 4.79 Å². The molecule has 1 aliphatic rings. The minimum atomic E-state index is -0.305. The molecule has 3 N–H and O–H groups in total. The van der Waals surface area contributed by atoms with Crippen LogP contribution in [0.25, 0.3) is 0 Å². The van der Waals surface area contributed by atoms with Crippen molar-refractivity contribution in [3.8, 4) is 0 Å². The minimum absolute atomic E-state index is 0.0562. The average Bonchev–Trinajstić information content (AvgIpc) is 3.21. The predicted molar refractivity (Wildman–Crippen MR) is 123 cm³/mol. The Balaban J connectivity index is 1.44. The standard InChI is InChI=1S/C22H28ClFN6O/c1-2-25-22(27-13-4-6-20(31)28-17-9-7-16(23)8-10-17)29-18-11-14-30(15-18)21-19(24)5-3-12-26-21/h3,5,7-10,12,18H,2,4,6,11,13-15H2,1H3,(H,28,31)(H2,25,27,29). The van der Waals surface area contributed by atoms with Crippen molar-refractivity contribution in [3.05, 3.63) is 53.4 Å². The lowest BCUT2D eigenvalue weighted by Gasteiger charge is -2.19. The van der Waals surface area contributed by atoms with E-state index in [9.17, 15) is 9.18 Å². The fraction of sp³-hybridized carbons (Fsp3) is 0.409. The fourth-order valence-electron chi connectivity index (χ4n) is 3.38. The molecule has 0 spiro atoms. The van der Waals surface area contributed by atoms with Crippen LogP contribution in [0.2, 0.25) is 5.02 Å². The lowest BCUT2D eigenvalue weighted by atomic mass is 10.2. The van der Waals surface area contributed by atoms with E-state index in [1.54, 1.807) is 36.5 Å². The van der Waals surface area contributed by atoms with Gasteiger partial charge in [-0.2, -0.15) is 0 Å². The van der Waals surface area contributed by atoms with E-state index in [0.717, 1.165) is 25.2 Å². The maximum atomic E-state index is 14.0. The van der Waals surface area contributed by atoms with Gasteiger partial charge in [0.1, 0.15) is 0 Å². The van der Waals surface area contributed by atoms with Crippen molar-refractivity contribution in [2.24, 2.45) is 4.99 Å². The molecule has 2 aromatic rings. The van der Waals surface area contributed by atoms with Crippen molar-refractivity contribution in [1.29, 1.82) is 0 Å². The molecule has 2 heterocycles. The molecule has 1 fully saturated rings. The van der Waals surface area contributed by atoms with Crippen LogP contribution in [0.15, 0.2) is 47.6 Å². The number of guanidine groups is 1. The summed E-state index contributed by atoms with van der Waals surface area (Å²) in [7, 11) is 0. The SMILES string of the molecule is CCNC(=NCCCC(=O)Nc1ccc(Cl)cc1)NC1CCN(c2ncccc2F)C1. The summed E-state index contributed by atoms with van der Waals surface area (Å²) in [4.78, 5) is 22.7. The number of amides is 1. The van der Waals surface area contributed by atoms with Gasteiger partial charge in [-0.05, 0) is 56.2 Å². The molecule has 1 saturated heterocycles. The van der Waals surface area contributed by atoms with Crippen LogP contribution in [0.4, 0.5) is 15.9 Å². The first kappa shape index (κ1) is 22.8.